The minimum absolute atomic E-state index is 0.883. The highest BCUT2D eigenvalue weighted by Gasteiger charge is 2.32. The summed E-state index contributed by atoms with van der Waals surface area (Å²) in [5.41, 5.74) is 0. The van der Waals surface area contributed by atoms with Crippen molar-refractivity contribution in [2.45, 2.75) is 58.4 Å². The van der Waals surface area contributed by atoms with Gasteiger partial charge in [0.15, 0.2) is 0 Å². The van der Waals surface area contributed by atoms with Crippen molar-refractivity contribution in [1.29, 1.82) is 0 Å². The number of hydrogen-bond acceptors (Lipinski definition) is 2. The summed E-state index contributed by atoms with van der Waals surface area (Å²) in [7, 11) is 0. The SMILES string of the molecule is CSCCC1CC(C(C)C)CCC1CNC1CC1. The molecular weight excluding hydrogens is 238 g/mol. The third kappa shape index (κ3) is 4.45. The predicted molar refractivity (Wildman–Crippen MR) is 83.2 cm³/mol. The van der Waals surface area contributed by atoms with Crippen LogP contribution in [0.15, 0.2) is 0 Å². The molecule has 0 aromatic heterocycles. The summed E-state index contributed by atoms with van der Waals surface area (Å²) >= 11 is 2.02. The first-order chi connectivity index (χ1) is 8.70. The summed E-state index contributed by atoms with van der Waals surface area (Å²) in [4.78, 5) is 0. The van der Waals surface area contributed by atoms with Gasteiger partial charge in [-0.05, 0) is 80.7 Å². The normalized spacial score (nSPS) is 33.0. The highest BCUT2D eigenvalue weighted by Crippen LogP contribution is 2.39. The van der Waals surface area contributed by atoms with Crippen molar-refractivity contribution < 1.29 is 0 Å². The monoisotopic (exact) mass is 269 g/mol. The van der Waals surface area contributed by atoms with Crippen molar-refractivity contribution in [1.82, 2.24) is 5.32 Å². The zero-order valence-corrected chi connectivity index (χ0v) is 13.3. The topological polar surface area (TPSA) is 12.0 Å². The van der Waals surface area contributed by atoms with Crippen LogP contribution in [-0.4, -0.2) is 24.6 Å². The maximum absolute atomic E-state index is 3.77. The minimum atomic E-state index is 0.883. The molecule has 2 aliphatic carbocycles. The average Bonchev–Trinajstić information content (AvgIpc) is 3.18. The summed E-state index contributed by atoms with van der Waals surface area (Å²) in [6, 6.07) is 0.883. The average molecular weight is 269 g/mol. The van der Waals surface area contributed by atoms with Gasteiger partial charge in [0.1, 0.15) is 0 Å². The minimum Gasteiger partial charge on any atom is -0.314 e. The molecule has 1 N–H and O–H groups in total. The smallest absolute Gasteiger partial charge is 0.00683 e. The Bertz CT molecular complexity index is 237. The van der Waals surface area contributed by atoms with Crippen LogP contribution in [0.5, 0.6) is 0 Å². The van der Waals surface area contributed by atoms with Gasteiger partial charge in [0.2, 0.25) is 0 Å². The highest BCUT2D eigenvalue weighted by molar-refractivity contribution is 7.98. The molecule has 0 amide bonds. The van der Waals surface area contributed by atoms with Gasteiger partial charge < -0.3 is 5.32 Å². The van der Waals surface area contributed by atoms with E-state index in [1.807, 2.05) is 11.8 Å². The molecule has 3 unspecified atom stereocenters. The maximum atomic E-state index is 3.77. The first-order valence-corrected chi connectivity index (χ1v) is 9.32. The van der Waals surface area contributed by atoms with Gasteiger partial charge >= 0.3 is 0 Å². The van der Waals surface area contributed by atoms with E-state index in [9.17, 15) is 0 Å². The van der Waals surface area contributed by atoms with Crippen molar-refractivity contribution in [2.24, 2.45) is 23.7 Å². The van der Waals surface area contributed by atoms with Crippen molar-refractivity contribution in [2.75, 3.05) is 18.6 Å². The quantitative estimate of drug-likeness (QED) is 0.744. The van der Waals surface area contributed by atoms with Crippen molar-refractivity contribution in [3.63, 3.8) is 0 Å². The summed E-state index contributed by atoms with van der Waals surface area (Å²) in [5.74, 6) is 5.20. The zero-order valence-electron chi connectivity index (χ0n) is 12.5. The van der Waals surface area contributed by atoms with Crippen LogP contribution in [0.4, 0.5) is 0 Å². The van der Waals surface area contributed by atoms with Crippen LogP contribution in [0, 0.1) is 23.7 Å². The van der Waals surface area contributed by atoms with Crippen LogP contribution in [0.3, 0.4) is 0 Å². The van der Waals surface area contributed by atoms with Crippen LogP contribution < -0.4 is 5.32 Å². The molecule has 0 aliphatic heterocycles. The largest absolute Gasteiger partial charge is 0.314 e. The van der Waals surface area contributed by atoms with Gasteiger partial charge in [-0.1, -0.05) is 13.8 Å². The summed E-state index contributed by atoms with van der Waals surface area (Å²) in [6.45, 7) is 6.13. The van der Waals surface area contributed by atoms with Crippen molar-refractivity contribution >= 4 is 11.8 Å². The molecule has 0 saturated heterocycles. The van der Waals surface area contributed by atoms with Crippen LogP contribution >= 0.6 is 11.8 Å². The molecule has 2 rings (SSSR count). The number of rotatable bonds is 7. The highest BCUT2D eigenvalue weighted by atomic mass is 32.2. The van der Waals surface area contributed by atoms with Gasteiger partial charge in [0.25, 0.3) is 0 Å². The first-order valence-electron chi connectivity index (χ1n) is 7.93. The molecule has 0 bridgehead atoms. The van der Waals surface area contributed by atoms with Crippen LogP contribution in [-0.2, 0) is 0 Å². The Kier molecular flexibility index (Phi) is 5.88. The fourth-order valence-electron chi connectivity index (χ4n) is 3.47. The van der Waals surface area contributed by atoms with Gasteiger partial charge in [-0.3, -0.25) is 0 Å². The van der Waals surface area contributed by atoms with E-state index in [1.54, 1.807) is 0 Å². The van der Waals surface area contributed by atoms with E-state index in [0.29, 0.717) is 0 Å². The molecule has 3 atom stereocenters. The van der Waals surface area contributed by atoms with Gasteiger partial charge in [0.05, 0.1) is 0 Å². The molecule has 2 fully saturated rings. The lowest BCUT2D eigenvalue weighted by Crippen LogP contribution is -2.35. The lowest BCUT2D eigenvalue weighted by atomic mass is 9.69. The second-order valence-corrected chi connectivity index (χ2v) is 7.79. The number of nitrogens with one attached hydrogen (secondary N) is 1. The van der Waals surface area contributed by atoms with E-state index in [-0.39, 0.29) is 0 Å². The van der Waals surface area contributed by atoms with Gasteiger partial charge in [0, 0.05) is 6.04 Å². The third-order valence-electron chi connectivity index (χ3n) is 5.06. The van der Waals surface area contributed by atoms with Crippen LogP contribution in [0.2, 0.25) is 0 Å². The maximum Gasteiger partial charge on any atom is 0.00683 e. The second kappa shape index (κ2) is 7.19. The Hall–Kier alpha value is 0.310. The van der Waals surface area contributed by atoms with Gasteiger partial charge in [-0.25, -0.2) is 0 Å². The van der Waals surface area contributed by atoms with E-state index in [2.05, 4.69) is 25.4 Å². The number of thioether (sulfide) groups is 1. The van der Waals surface area contributed by atoms with Crippen molar-refractivity contribution in [3.05, 3.63) is 0 Å². The predicted octanol–water partition coefficient (Wildman–Crippen LogP) is 4.18. The van der Waals surface area contributed by atoms with E-state index in [4.69, 9.17) is 0 Å². The summed E-state index contributed by atoms with van der Waals surface area (Å²) < 4.78 is 0. The molecule has 2 heteroatoms. The molecule has 2 saturated carbocycles. The lowest BCUT2D eigenvalue weighted by molar-refractivity contribution is 0.142. The number of hydrogen-bond donors (Lipinski definition) is 1. The Balaban J connectivity index is 1.81. The molecule has 0 aromatic rings. The van der Waals surface area contributed by atoms with E-state index in [1.165, 1.54) is 50.8 Å². The summed E-state index contributed by atoms with van der Waals surface area (Å²) in [5, 5.41) is 3.77. The summed E-state index contributed by atoms with van der Waals surface area (Å²) in [6.07, 6.45) is 11.0. The standard InChI is InChI=1S/C16H31NS/c1-12(2)13-4-5-15(11-17-16-6-7-16)14(10-13)8-9-18-3/h12-17H,4-11H2,1-3H3. The first kappa shape index (κ1) is 14.7. The third-order valence-corrected chi connectivity index (χ3v) is 5.71. The Morgan fingerprint density at radius 3 is 2.50 bits per heavy atom. The molecule has 1 nitrogen and oxygen atoms in total. The van der Waals surface area contributed by atoms with E-state index >= 15 is 0 Å². The molecule has 2 aliphatic rings. The Morgan fingerprint density at radius 2 is 1.89 bits per heavy atom. The molecule has 0 heterocycles. The van der Waals surface area contributed by atoms with Crippen LogP contribution in [0.1, 0.15) is 52.4 Å². The Morgan fingerprint density at radius 1 is 1.11 bits per heavy atom. The Labute approximate surface area is 118 Å². The fraction of sp³-hybridized carbons (Fsp3) is 1.00. The molecule has 0 aromatic carbocycles. The van der Waals surface area contributed by atoms with E-state index in [0.717, 1.165) is 29.7 Å². The molecule has 18 heavy (non-hydrogen) atoms. The molecule has 0 spiro atoms. The van der Waals surface area contributed by atoms with Crippen LogP contribution in [0.25, 0.3) is 0 Å². The van der Waals surface area contributed by atoms with Crippen molar-refractivity contribution in [3.8, 4) is 0 Å². The molecule has 106 valence electrons. The fourth-order valence-corrected chi connectivity index (χ4v) is 4.00. The second-order valence-electron chi connectivity index (χ2n) is 6.80. The zero-order chi connectivity index (χ0) is 13.0. The molecule has 0 radical (unpaired) electrons. The lowest BCUT2D eigenvalue weighted by Gasteiger charge is -2.38. The molecular formula is C16H31NS. The van der Waals surface area contributed by atoms with E-state index < -0.39 is 0 Å². The van der Waals surface area contributed by atoms with Gasteiger partial charge in [-0.15, -0.1) is 0 Å². The van der Waals surface area contributed by atoms with Gasteiger partial charge in [-0.2, -0.15) is 11.8 Å².